The Bertz CT molecular complexity index is 312. The Hall–Kier alpha value is -0.930. The average molecular weight is 217 g/mol. The molecule has 0 aliphatic heterocycles. The first-order valence-corrected chi connectivity index (χ1v) is 4.73. The first kappa shape index (κ1) is 11.1. The predicted octanol–water partition coefficient (Wildman–Crippen LogP) is 1.98. The third kappa shape index (κ3) is 2.30. The van der Waals surface area contributed by atoms with Gasteiger partial charge in [0.25, 0.3) is 0 Å². The number of phenolic OH excluding ortho intramolecular Hbond substituents is 1. The van der Waals surface area contributed by atoms with E-state index in [-0.39, 0.29) is 17.4 Å². The van der Waals surface area contributed by atoms with Gasteiger partial charge in [-0.15, -0.1) is 0 Å². The molecular formula is C10H13ClO3. The molecule has 14 heavy (non-hydrogen) atoms. The van der Waals surface area contributed by atoms with Crippen LogP contribution in [-0.4, -0.2) is 23.9 Å². The summed E-state index contributed by atoms with van der Waals surface area (Å²) in [5, 5.41) is 18.5. The molecule has 0 saturated heterocycles. The first-order valence-electron chi connectivity index (χ1n) is 4.36. The Labute approximate surface area is 87.9 Å². The van der Waals surface area contributed by atoms with Crippen LogP contribution in [0.4, 0.5) is 0 Å². The fourth-order valence-corrected chi connectivity index (χ4v) is 1.43. The molecule has 0 aliphatic carbocycles. The molecular weight excluding hydrogens is 204 g/mol. The van der Waals surface area contributed by atoms with Gasteiger partial charge in [-0.25, -0.2) is 0 Å². The van der Waals surface area contributed by atoms with Gasteiger partial charge in [0.1, 0.15) is 0 Å². The molecule has 1 rings (SSSR count). The van der Waals surface area contributed by atoms with E-state index < -0.39 is 0 Å². The molecule has 0 spiro atoms. The van der Waals surface area contributed by atoms with E-state index in [9.17, 15) is 5.11 Å². The molecule has 1 aromatic rings. The number of halogens is 1. The van der Waals surface area contributed by atoms with Crippen molar-refractivity contribution in [3.63, 3.8) is 0 Å². The lowest BCUT2D eigenvalue weighted by Crippen LogP contribution is -1.95. The number of rotatable bonds is 4. The number of aliphatic hydroxyl groups is 1. The van der Waals surface area contributed by atoms with E-state index in [0.717, 1.165) is 5.56 Å². The van der Waals surface area contributed by atoms with E-state index >= 15 is 0 Å². The zero-order chi connectivity index (χ0) is 10.6. The van der Waals surface area contributed by atoms with Crippen LogP contribution in [0.1, 0.15) is 12.0 Å². The van der Waals surface area contributed by atoms with Crippen molar-refractivity contribution in [1.82, 2.24) is 0 Å². The summed E-state index contributed by atoms with van der Waals surface area (Å²) in [5.74, 6) is 0.357. The van der Waals surface area contributed by atoms with Gasteiger partial charge in [0.05, 0.1) is 12.1 Å². The molecule has 3 nitrogen and oxygen atoms in total. The lowest BCUT2D eigenvalue weighted by atomic mass is 10.1. The smallest absolute Gasteiger partial charge is 0.177 e. The number of aliphatic hydroxyl groups excluding tert-OH is 1. The normalized spacial score (nSPS) is 10.2. The van der Waals surface area contributed by atoms with Crippen LogP contribution < -0.4 is 4.74 Å². The molecule has 0 radical (unpaired) electrons. The van der Waals surface area contributed by atoms with Crippen LogP contribution in [0.3, 0.4) is 0 Å². The Morgan fingerprint density at radius 3 is 2.71 bits per heavy atom. The molecule has 0 atom stereocenters. The van der Waals surface area contributed by atoms with E-state index in [1.807, 2.05) is 0 Å². The number of ether oxygens (including phenoxy) is 1. The van der Waals surface area contributed by atoms with E-state index in [1.165, 1.54) is 7.11 Å². The van der Waals surface area contributed by atoms with Crippen molar-refractivity contribution < 1.29 is 14.9 Å². The maximum atomic E-state index is 9.56. The lowest BCUT2D eigenvalue weighted by molar-refractivity contribution is 0.287. The summed E-state index contributed by atoms with van der Waals surface area (Å²) >= 11 is 5.72. The van der Waals surface area contributed by atoms with Crippen molar-refractivity contribution >= 4 is 11.6 Å². The van der Waals surface area contributed by atoms with Crippen molar-refractivity contribution in [3.8, 4) is 11.5 Å². The molecule has 78 valence electrons. The van der Waals surface area contributed by atoms with Crippen LogP contribution in [0.2, 0.25) is 5.02 Å². The van der Waals surface area contributed by atoms with Crippen molar-refractivity contribution in [2.45, 2.75) is 12.8 Å². The summed E-state index contributed by atoms with van der Waals surface area (Å²) in [6, 6.07) is 3.41. The molecule has 0 saturated carbocycles. The first-order chi connectivity index (χ1) is 6.70. The van der Waals surface area contributed by atoms with Crippen LogP contribution >= 0.6 is 11.6 Å². The minimum absolute atomic E-state index is 0.0374. The monoisotopic (exact) mass is 216 g/mol. The zero-order valence-electron chi connectivity index (χ0n) is 7.96. The Morgan fingerprint density at radius 1 is 1.43 bits per heavy atom. The van der Waals surface area contributed by atoms with Gasteiger partial charge in [-0.3, -0.25) is 0 Å². The van der Waals surface area contributed by atoms with Crippen molar-refractivity contribution in [1.29, 1.82) is 0 Å². The van der Waals surface area contributed by atoms with Gasteiger partial charge >= 0.3 is 0 Å². The Kier molecular flexibility index (Phi) is 4.04. The second-order valence-corrected chi connectivity index (χ2v) is 3.32. The summed E-state index contributed by atoms with van der Waals surface area (Å²) in [7, 11) is 1.48. The van der Waals surface area contributed by atoms with Crippen LogP contribution in [0.25, 0.3) is 0 Å². The molecule has 0 heterocycles. The maximum absolute atomic E-state index is 9.56. The minimum atomic E-state index is -0.0374. The standard InChI is InChI=1S/C10H13ClO3/c1-14-10-7(3-2-6-12)4-5-8(11)9(10)13/h4-5,12-13H,2-3,6H2,1H3. The third-order valence-corrected chi connectivity index (χ3v) is 2.28. The topological polar surface area (TPSA) is 49.7 Å². The Balaban J connectivity index is 2.98. The maximum Gasteiger partial charge on any atom is 0.177 e. The highest BCUT2D eigenvalue weighted by molar-refractivity contribution is 6.32. The molecule has 0 unspecified atom stereocenters. The second-order valence-electron chi connectivity index (χ2n) is 2.92. The number of methoxy groups -OCH3 is 1. The van der Waals surface area contributed by atoms with Gasteiger partial charge in [0.15, 0.2) is 11.5 Å². The second kappa shape index (κ2) is 5.08. The highest BCUT2D eigenvalue weighted by Crippen LogP contribution is 2.37. The van der Waals surface area contributed by atoms with E-state index in [4.69, 9.17) is 21.4 Å². The number of benzene rings is 1. The number of hydrogen-bond donors (Lipinski definition) is 2. The fourth-order valence-electron chi connectivity index (χ4n) is 1.28. The lowest BCUT2D eigenvalue weighted by Gasteiger charge is -2.10. The van der Waals surface area contributed by atoms with Gasteiger partial charge in [-0.05, 0) is 24.5 Å². The summed E-state index contributed by atoms with van der Waals surface area (Å²) < 4.78 is 5.04. The molecule has 1 aromatic carbocycles. The van der Waals surface area contributed by atoms with Gasteiger partial charge in [-0.1, -0.05) is 17.7 Å². The van der Waals surface area contributed by atoms with E-state index in [1.54, 1.807) is 12.1 Å². The van der Waals surface area contributed by atoms with Gasteiger partial charge in [-0.2, -0.15) is 0 Å². The van der Waals surface area contributed by atoms with Gasteiger partial charge in [0.2, 0.25) is 0 Å². The van der Waals surface area contributed by atoms with Crippen LogP contribution in [0.5, 0.6) is 11.5 Å². The molecule has 0 amide bonds. The number of hydrogen-bond acceptors (Lipinski definition) is 3. The van der Waals surface area contributed by atoms with Crippen molar-refractivity contribution in [3.05, 3.63) is 22.7 Å². The van der Waals surface area contributed by atoms with Crippen molar-refractivity contribution in [2.24, 2.45) is 0 Å². The summed E-state index contributed by atoms with van der Waals surface area (Å²) in [6.45, 7) is 0.118. The van der Waals surface area contributed by atoms with Crippen LogP contribution in [-0.2, 0) is 6.42 Å². The largest absolute Gasteiger partial charge is 0.503 e. The zero-order valence-corrected chi connectivity index (χ0v) is 8.71. The Morgan fingerprint density at radius 2 is 2.14 bits per heavy atom. The SMILES string of the molecule is COc1c(CCCO)ccc(Cl)c1O. The predicted molar refractivity (Wildman–Crippen MR) is 55.1 cm³/mol. The van der Waals surface area contributed by atoms with Crippen LogP contribution in [0.15, 0.2) is 12.1 Å². The number of phenols is 1. The highest BCUT2D eigenvalue weighted by atomic mass is 35.5. The molecule has 0 aromatic heterocycles. The van der Waals surface area contributed by atoms with Gasteiger partial charge < -0.3 is 14.9 Å². The van der Waals surface area contributed by atoms with Crippen molar-refractivity contribution in [2.75, 3.05) is 13.7 Å². The molecule has 0 aliphatic rings. The summed E-state index contributed by atoms with van der Waals surface area (Å²) in [5.41, 5.74) is 0.850. The molecule has 4 heteroatoms. The van der Waals surface area contributed by atoms with E-state index in [2.05, 4.69) is 0 Å². The highest BCUT2D eigenvalue weighted by Gasteiger charge is 2.11. The molecule has 0 bridgehead atoms. The molecule has 0 fully saturated rings. The molecule has 2 N–H and O–H groups in total. The number of aromatic hydroxyl groups is 1. The average Bonchev–Trinajstić information content (AvgIpc) is 2.20. The minimum Gasteiger partial charge on any atom is -0.503 e. The van der Waals surface area contributed by atoms with E-state index in [0.29, 0.717) is 18.6 Å². The summed E-state index contributed by atoms with van der Waals surface area (Å²) in [6.07, 6.45) is 1.29. The fraction of sp³-hybridized carbons (Fsp3) is 0.400. The van der Waals surface area contributed by atoms with Crippen LogP contribution in [0, 0.1) is 0 Å². The number of aryl methyl sites for hydroxylation is 1. The summed E-state index contributed by atoms with van der Waals surface area (Å²) in [4.78, 5) is 0. The quantitative estimate of drug-likeness (QED) is 0.809. The van der Waals surface area contributed by atoms with Gasteiger partial charge in [0, 0.05) is 6.61 Å². The third-order valence-electron chi connectivity index (χ3n) is 1.97.